The van der Waals surface area contributed by atoms with Crippen LogP contribution in [0.15, 0.2) is 23.0 Å². The van der Waals surface area contributed by atoms with E-state index in [9.17, 15) is 4.79 Å². The fraction of sp³-hybridized carbons (Fsp3) is 0.560. The number of H-pyrrole nitrogens is 1. The summed E-state index contributed by atoms with van der Waals surface area (Å²) in [4.78, 5) is 25.8. The summed E-state index contributed by atoms with van der Waals surface area (Å²) < 4.78 is 7.73. The van der Waals surface area contributed by atoms with E-state index in [2.05, 4.69) is 34.0 Å². The van der Waals surface area contributed by atoms with E-state index in [4.69, 9.17) is 14.8 Å². The van der Waals surface area contributed by atoms with Crippen molar-refractivity contribution in [2.24, 2.45) is 0 Å². The van der Waals surface area contributed by atoms with E-state index >= 15 is 0 Å². The fourth-order valence-corrected chi connectivity index (χ4v) is 5.20. The maximum Gasteiger partial charge on any atom is 0.277 e. The van der Waals surface area contributed by atoms with Crippen LogP contribution in [-0.2, 0) is 0 Å². The number of hydrogen-bond donors (Lipinski definition) is 1. The Morgan fingerprint density at radius 2 is 1.88 bits per heavy atom. The molecule has 5 rings (SSSR count). The monoisotopic (exact) mass is 450 g/mol. The third-order valence-corrected chi connectivity index (χ3v) is 7.07. The average molecular weight is 451 g/mol. The molecule has 0 amide bonds. The second-order valence-corrected chi connectivity index (χ2v) is 9.35. The first-order chi connectivity index (χ1) is 16.0. The zero-order valence-electron chi connectivity index (χ0n) is 19.9. The number of anilines is 1. The van der Waals surface area contributed by atoms with E-state index in [-0.39, 0.29) is 5.56 Å². The highest BCUT2D eigenvalue weighted by Crippen LogP contribution is 2.35. The number of fused-ring (bicyclic) bond motifs is 1. The lowest BCUT2D eigenvalue weighted by molar-refractivity contribution is 0.312. The minimum absolute atomic E-state index is 0.133. The molecule has 1 aromatic carbocycles. The number of rotatable bonds is 5. The first kappa shape index (κ1) is 21.9. The molecule has 0 bridgehead atoms. The van der Waals surface area contributed by atoms with Crippen LogP contribution in [0, 0.1) is 6.92 Å². The molecule has 1 aliphatic carbocycles. The number of benzene rings is 1. The van der Waals surface area contributed by atoms with Crippen LogP contribution in [0.3, 0.4) is 0 Å². The van der Waals surface area contributed by atoms with Gasteiger partial charge in [-0.1, -0.05) is 19.3 Å². The van der Waals surface area contributed by atoms with Crippen molar-refractivity contribution in [2.45, 2.75) is 51.9 Å². The minimum Gasteiger partial charge on any atom is -0.493 e. The van der Waals surface area contributed by atoms with Crippen LogP contribution in [0.4, 0.5) is 5.69 Å². The molecule has 3 aromatic rings. The lowest BCUT2D eigenvalue weighted by Gasteiger charge is -2.34. The SMILES string of the molecule is CCOc1cc(N2CCN(C)CC2)ccc1-c1nn2c(C)nc(C3CCCCC3)c2c(=O)[nH]1. The zero-order valence-corrected chi connectivity index (χ0v) is 19.9. The van der Waals surface area contributed by atoms with Gasteiger partial charge < -0.3 is 19.5 Å². The number of aromatic amines is 1. The third kappa shape index (κ3) is 4.24. The third-order valence-electron chi connectivity index (χ3n) is 7.07. The lowest BCUT2D eigenvalue weighted by Crippen LogP contribution is -2.44. The molecular formula is C25H34N6O2. The Balaban J connectivity index is 1.54. The zero-order chi connectivity index (χ0) is 22.9. The Morgan fingerprint density at radius 3 is 2.61 bits per heavy atom. The molecule has 8 heteroatoms. The van der Waals surface area contributed by atoms with Crippen LogP contribution in [-0.4, -0.2) is 64.3 Å². The van der Waals surface area contributed by atoms with E-state index in [1.807, 2.05) is 19.9 Å². The summed E-state index contributed by atoms with van der Waals surface area (Å²) in [6, 6.07) is 6.18. The molecule has 8 nitrogen and oxygen atoms in total. The largest absolute Gasteiger partial charge is 0.493 e. The van der Waals surface area contributed by atoms with Gasteiger partial charge in [-0.05, 0) is 45.9 Å². The van der Waals surface area contributed by atoms with Gasteiger partial charge in [-0.15, -0.1) is 5.10 Å². The van der Waals surface area contributed by atoms with Gasteiger partial charge in [0.2, 0.25) is 0 Å². The molecule has 1 aliphatic heterocycles. The summed E-state index contributed by atoms with van der Waals surface area (Å²) >= 11 is 0. The Hall–Kier alpha value is -2.87. The predicted molar refractivity (Wildman–Crippen MR) is 130 cm³/mol. The molecule has 0 radical (unpaired) electrons. The summed E-state index contributed by atoms with van der Waals surface area (Å²) in [7, 11) is 2.15. The number of nitrogens with one attached hydrogen (secondary N) is 1. The van der Waals surface area contributed by atoms with Crippen molar-refractivity contribution in [3.63, 3.8) is 0 Å². The maximum atomic E-state index is 13.3. The topological polar surface area (TPSA) is 78.8 Å². The molecule has 2 aliphatic rings. The molecule has 176 valence electrons. The van der Waals surface area contributed by atoms with Gasteiger partial charge in [0.05, 0.1) is 17.9 Å². The van der Waals surface area contributed by atoms with Gasteiger partial charge in [-0.3, -0.25) is 4.79 Å². The summed E-state index contributed by atoms with van der Waals surface area (Å²) in [6.45, 7) is 8.50. The van der Waals surface area contributed by atoms with Crippen LogP contribution in [0.5, 0.6) is 5.75 Å². The average Bonchev–Trinajstić information content (AvgIpc) is 3.17. The van der Waals surface area contributed by atoms with Gasteiger partial charge in [0, 0.05) is 43.9 Å². The molecule has 2 aromatic heterocycles. The van der Waals surface area contributed by atoms with E-state index in [1.54, 1.807) is 4.52 Å². The summed E-state index contributed by atoms with van der Waals surface area (Å²) in [5, 5.41) is 4.81. The number of ether oxygens (including phenoxy) is 1. The van der Waals surface area contributed by atoms with E-state index in [1.165, 1.54) is 19.3 Å². The number of hydrogen-bond acceptors (Lipinski definition) is 6. The van der Waals surface area contributed by atoms with E-state index in [0.717, 1.165) is 67.5 Å². The highest BCUT2D eigenvalue weighted by Gasteiger charge is 2.25. The quantitative estimate of drug-likeness (QED) is 0.640. The number of nitrogens with zero attached hydrogens (tertiary/aromatic N) is 5. The fourth-order valence-electron chi connectivity index (χ4n) is 5.20. The van der Waals surface area contributed by atoms with Gasteiger partial charge in [0.25, 0.3) is 5.56 Å². The lowest BCUT2D eigenvalue weighted by atomic mass is 9.87. The summed E-state index contributed by atoms with van der Waals surface area (Å²) in [6.07, 6.45) is 5.85. The molecule has 3 heterocycles. The van der Waals surface area contributed by atoms with Crippen molar-refractivity contribution in [3.8, 4) is 17.1 Å². The Kier molecular flexibility index (Phi) is 6.10. The molecule has 2 fully saturated rings. The van der Waals surface area contributed by atoms with Crippen molar-refractivity contribution in [1.29, 1.82) is 0 Å². The molecule has 33 heavy (non-hydrogen) atoms. The standard InChI is InChI=1S/C25H34N6O2/c1-4-33-21-16-19(30-14-12-29(3)13-15-30)10-11-20(21)24-27-25(32)23-22(18-8-6-5-7-9-18)26-17(2)31(23)28-24/h10-11,16,18H,4-9,12-15H2,1-3H3,(H,27,28,32). The second kappa shape index (κ2) is 9.17. The number of imidazole rings is 1. The number of aromatic nitrogens is 4. The Labute approximate surface area is 194 Å². The highest BCUT2D eigenvalue weighted by molar-refractivity contribution is 5.70. The summed E-state index contributed by atoms with van der Waals surface area (Å²) in [5.41, 5.74) is 3.29. The van der Waals surface area contributed by atoms with Crippen molar-refractivity contribution in [3.05, 3.63) is 40.1 Å². The van der Waals surface area contributed by atoms with Gasteiger partial charge in [-0.2, -0.15) is 0 Å². The van der Waals surface area contributed by atoms with Gasteiger partial charge in [-0.25, -0.2) is 9.50 Å². The van der Waals surface area contributed by atoms with Gasteiger partial charge in [0.1, 0.15) is 11.6 Å². The normalized spacial score (nSPS) is 18.2. The molecule has 0 atom stereocenters. The molecule has 0 spiro atoms. The first-order valence-electron chi connectivity index (χ1n) is 12.3. The van der Waals surface area contributed by atoms with Crippen molar-refractivity contribution >= 4 is 11.2 Å². The highest BCUT2D eigenvalue weighted by atomic mass is 16.5. The first-order valence-corrected chi connectivity index (χ1v) is 12.3. The van der Waals surface area contributed by atoms with Crippen LogP contribution in [0.2, 0.25) is 0 Å². The molecular weight excluding hydrogens is 416 g/mol. The number of piperazine rings is 1. The Morgan fingerprint density at radius 1 is 1.12 bits per heavy atom. The number of aryl methyl sites for hydroxylation is 1. The minimum atomic E-state index is -0.133. The van der Waals surface area contributed by atoms with Crippen molar-refractivity contribution < 1.29 is 4.74 Å². The van der Waals surface area contributed by atoms with Crippen LogP contribution < -0.4 is 15.2 Å². The predicted octanol–water partition coefficient (Wildman–Crippen LogP) is 3.59. The molecule has 1 N–H and O–H groups in total. The number of likely N-dealkylation sites (N-methyl/N-ethyl adjacent to an activating group) is 1. The molecule has 1 saturated carbocycles. The molecule has 1 saturated heterocycles. The summed E-state index contributed by atoms with van der Waals surface area (Å²) in [5.74, 6) is 2.35. The smallest absolute Gasteiger partial charge is 0.277 e. The van der Waals surface area contributed by atoms with Gasteiger partial charge in [0.15, 0.2) is 11.3 Å². The van der Waals surface area contributed by atoms with E-state index < -0.39 is 0 Å². The van der Waals surface area contributed by atoms with Crippen LogP contribution >= 0.6 is 0 Å². The van der Waals surface area contributed by atoms with Crippen molar-refractivity contribution in [1.82, 2.24) is 24.5 Å². The second-order valence-electron chi connectivity index (χ2n) is 9.35. The van der Waals surface area contributed by atoms with Gasteiger partial charge >= 0.3 is 0 Å². The maximum absolute atomic E-state index is 13.3. The van der Waals surface area contributed by atoms with Crippen LogP contribution in [0.25, 0.3) is 16.9 Å². The van der Waals surface area contributed by atoms with E-state index in [0.29, 0.717) is 23.9 Å². The van der Waals surface area contributed by atoms with Crippen LogP contribution in [0.1, 0.15) is 56.5 Å². The Bertz CT molecular complexity index is 1190. The molecule has 0 unspecified atom stereocenters. The van der Waals surface area contributed by atoms with Crippen molar-refractivity contribution in [2.75, 3.05) is 44.7 Å².